The summed E-state index contributed by atoms with van der Waals surface area (Å²) in [5.41, 5.74) is -0.416. The lowest BCUT2D eigenvalue weighted by molar-refractivity contribution is -0.128. The molecule has 3 heterocycles. The molecule has 2 aromatic heterocycles. The van der Waals surface area contributed by atoms with E-state index in [4.69, 9.17) is 0 Å². The van der Waals surface area contributed by atoms with Gasteiger partial charge in [0, 0.05) is 11.2 Å². The summed E-state index contributed by atoms with van der Waals surface area (Å²) in [5, 5.41) is 9.49. The van der Waals surface area contributed by atoms with Crippen molar-refractivity contribution in [2.75, 3.05) is 4.90 Å². The molecular formula is C22H23FN4O2S. The van der Waals surface area contributed by atoms with Crippen molar-refractivity contribution >= 4 is 28.8 Å². The normalized spacial score (nSPS) is 19.0. The monoisotopic (exact) mass is 426 g/mol. The molecule has 4 rings (SSSR count). The molecule has 1 atom stereocenters. The molecule has 0 bridgehead atoms. The molecule has 0 radical (unpaired) electrons. The lowest BCUT2D eigenvalue weighted by Gasteiger charge is -2.44. The van der Waals surface area contributed by atoms with E-state index in [1.54, 1.807) is 23.7 Å². The highest BCUT2D eigenvalue weighted by molar-refractivity contribution is 7.13. The van der Waals surface area contributed by atoms with Gasteiger partial charge in [-0.2, -0.15) is 5.10 Å². The van der Waals surface area contributed by atoms with Crippen LogP contribution in [0.3, 0.4) is 0 Å². The number of hydrogen-bond donors (Lipinski definition) is 1. The van der Waals surface area contributed by atoms with E-state index >= 15 is 0 Å². The molecule has 1 unspecified atom stereocenters. The maximum Gasteiger partial charge on any atom is 0.277 e. The molecule has 8 heteroatoms. The molecule has 0 saturated heterocycles. The van der Waals surface area contributed by atoms with E-state index in [1.165, 1.54) is 34.4 Å². The van der Waals surface area contributed by atoms with E-state index in [2.05, 4.69) is 10.4 Å². The zero-order chi connectivity index (χ0) is 21.7. The molecule has 1 N–H and O–H groups in total. The number of fused-ring (bicyclic) bond motifs is 1. The Kier molecular flexibility index (Phi) is 4.77. The second-order valence-corrected chi connectivity index (χ2v) is 9.60. The third-order valence-electron chi connectivity index (χ3n) is 4.97. The summed E-state index contributed by atoms with van der Waals surface area (Å²) < 4.78 is 15.6. The van der Waals surface area contributed by atoms with Gasteiger partial charge in [-0.25, -0.2) is 4.39 Å². The summed E-state index contributed by atoms with van der Waals surface area (Å²) in [6.07, 6.45) is 0. The minimum atomic E-state index is -1.29. The average molecular weight is 427 g/mol. The fraction of sp³-hybridized carbons (Fsp3) is 0.318. The Labute approximate surface area is 178 Å². The molecule has 0 saturated carbocycles. The van der Waals surface area contributed by atoms with Crippen molar-refractivity contribution < 1.29 is 14.0 Å². The predicted octanol–water partition coefficient (Wildman–Crippen LogP) is 4.08. The molecule has 0 aliphatic carbocycles. The fourth-order valence-corrected chi connectivity index (χ4v) is 4.30. The number of hydrogen-bond acceptors (Lipinski definition) is 4. The number of halogens is 1. The van der Waals surface area contributed by atoms with Crippen LogP contribution in [-0.4, -0.2) is 32.7 Å². The first-order chi connectivity index (χ1) is 14.1. The fourth-order valence-electron chi connectivity index (χ4n) is 3.62. The molecule has 30 heavy (non-hydrogen) atoms. The summed E-state index contributed by atoms with van der Waals surface area (Å²) in [6, 6.07) is 11.3. The number of anilines is 1. The highest BCUT2D eigenvalue weighted by Crippen LogP contribution is 2.35. The third kappa shape index (κ3) is 3.52. The van der Waals surface area contributed by atoms with E-state index in [0.29, 0.717) is 17.1 Å². The van der Waals surface area contributed by atoms with Crippen LogP contribution in [0.15, 0.2) is 47.8 Å². The summed E-state index contributed by atoms with van der Waals surface area (Å²) in [5.74, 6) is -1.20. The Morgan fingerprint density at radius 3 is 2.63 bits per heavy atom. The van der Waals surface area contributed by atoms with E-state index in [1.807, 2.05) is 38.3 Å². The molecule has 6 nitrogen and oxygen atoms in total. The first kappa shape index (κ1) is 20.3. The van der Waals surface area contributed by atoms with Crippen molar-refractivity contribution in [2.45, 2.75) is 45.3 Å². The second-order valence-electron chi connectivity index (χ2n) is 8.65. The second kappa shape index (κ2) is 7.05. The largest absolute Gasteiger partial charge is 0.349 e. The topological polar surface area (TPSA) is 67.2 Å². The maximum absolute atomic E-state index is 14.0. The van der Waals surface area contributed by atoms with Crippen LogP contribution < -0.4 is 10.2 Å². The maximum atomic E-state index is 14.0. The van der Waals surface area contributed by atoms with Crippen molar-refractivity contribution in [1.29, 1.82) is 0 Å². The predicted molar refractivity (Wildman–Crippen MR) is 115 cm³/mol. The van der Waals surface area contributed by atoms with Crippen LogP contribution in [0.25, 0.3) is 10.6 Å². The van der Waals surface area contributed by atoms with Crippen LogP contribution in [0.2, 0.25) is 0 Å². The SMILES string of the molecule is CC(C)(C)NC(=O)C1(C)Cn2nc(-c3cccs3)cc2C(=O)N1c1cccc(F)c1. The van der Waals surface area contributed by atoms with Gasteiger partial charge in [0.1, 0.15) is 22.7 Å². The van der Waals surface area contributed by atoms with Gasteiger partial charge in [0.2, 0.25) is 5.91 Å². The number of aromatic nitrogens is 2. The Morgan fingerprint density at radius 2 is 2.00 bits per heavy atom. The highest BCUT2D eigenvalue weighted by atomic mass is 32.1. The lowest BCUT2D eigenvalue weighted by atomic mass is 9.92. The number of nitrogens with one attached hydrogen (secondary N) is 1. The lowest BCUT2D eigenvalue weighted by Crippen LogP contribution is -2.66. The molecule has 0 fully saturated rings. The van der Waals surface area contributed by atoms with Gasteiger partial charge in [-0.05, 0) is 63.4 Å². The van der Waals surface area contributed by atoms with Gasteiger partial charge in [0.05, 0.1) is 11.4 Å². The van der Waals surface area contributed by atoms with Crippen molar-refractivity contribution in [2.24, 2.45) is 0 Å². The van der Waals surface area contributed by atoms with E-state index < -0.39 is 22.8 Å². The summed E-state index contributed by atoms with van der Waals surface area (Å²) in [4.78, 5) is 29.2. The number of benzene rings is 1. The smallest absolute Gasteiger partial charge is 0.277 e. The van der Waals surface area contributed by atoms with E-state index in [0.717, 1.165) is 4.88 Å². The Hall–Kier alpha value is -3.00. The van der Waals surface area contributed by atoms with Gasteiger partial charge < -0.3 is 5.32 Å². The number of rotatable bonds is 3. The van der Waals surface area contributed by atoms with Crippen LogP contribution in [0.4, 0.5) is 10.1 Å². The molecule has 1 aromatic carbocycles. The van der Waals surface area contributed by atoms with Crippen LogP contribution in [-0.2, 0) is 11.3 Å². The molecular weight excluding hydrogens is 403 g/mol. The molecule has 3 aromatic rings. The molecule has 0 spiro atoms. The summed E-state index contributed by atoms with van der Waals surface area (Å²) in [6.45, 7) is 7.46. The van der Waals surface area contributed by atoms with Crippen LogP contribution in [0, 0.1) is 5.82 Å². The minimum absolute atomic E-state index is 0.151. The molecule has 2 amide bonds. The van der Waals surface area contributed by atoms with Crippen molar-refractivity contribution in [3.8, 4) is 10.6 Å². The minimum Gasteiger partial charge on any atom is -0.349 e. The van der Waals surface area contributed by atoms with Gasteiger partial charge in [-0.15, -0.1) is 11.3 Å². The first-order valence-corrected chi connectivity index (χ1v) is 10.5. The standard InChI is InChI=1S/C22H23FN4O2S/c1-21(2,3)24-20(29)22(4)13-26-17(12-16(25-26)18-9-6-10-30-18)19(28)27(22)15-8-5-7-14(23)11-15/h5-12H,13H2,1-4H3,(H,24,29). The summed E-state index contributed by atoms with van der Waals surface area (Å²) >= 11 is 1.52. The zero-order valence-electron chi connectivity index (χ0n) is 17.3. The van der Waals surface area contributed by atoms with Gasteiger partial charge in [-0.1, -0.05) is 12.1 Å². The molecule has 1 aliphatic rings. The Morgan fingerprint density at radius 1 is 1.23 bits per heavy atom. The number of carbonyl (C=O) groups is 2. The van der Waals surface area contributed by atoms with Gasteiger partial charge in [0.25, 0.3) is 5.91 Å². The zero-order valence-corrected chi connectivity index (χ0v) is 18.1. The molecule has 156 valence electrons. The quantitative estimate of drug-likeness (QED) is 0.686. The van der Waals surface area contributed by atoms with E-state index in [9.17, 15) is 14.0 Å². The van der Waals surface area contributed by atoms with Crippen LogP contribution in [0.1, 0.15) is 38.2 Å². The number of nitrogens with zero attached hydrogens (tertiary/aromatic N) is 3. The van der Waals surface area contributed by atoms with Crippen molar-refractivity contribution in [1.82, 2.24) is 15.1 Å². The first-order valence-electron chi connectivity index (χ1n) is 9.63. The van der Waals surface area contributed by atoms with Gasteiger partial charge in [-0.3, -0.25) is 19.2 Å². The van der Waals surface area contributed by atoms with Crippen LogP contribution >= 0.6 is 11.3 Å². The van der Waals surface area contributed by atoms with Crippen molar-refractivity contribution in [3.05, 3.63) is 59.4 Å². The van der Waals surface area contributed by atoms with E-state index in [-0.39, 0.29) is 12.5 Å². The Bertz CT molecular complexity index is 1120. The van der Waals surface area contributed by atoms with Gasteiger partial charge >= 0.3 is 0 Å². The average Bonchev–Trinajstić information content (AvgIpc) is 3.29. The number of thiophene rings is 1. The highest BCUT2D eigenvalue weighted by Gasteiger charge is 2.49. The number of carbonyl (C=O) groups excluding carboxylic acids is 2. The van der Waals surface area contributed by atoms with Crippen LogP contribution in [0.5, 0.6) is 0 Å². The van der Waals surface area contributed by atoms with Gasteiger partial charge in [0.15, 0.2) is 0 Å². The number of amides is 2. The Balaban J connectivity index is 1.85. The third-order valence-corrected chi connectivity index (χ3v) is 5.86. The van der Waals surface area contributed by atoms with Crippen molar-refractivity contribution in [3.63, 3.8) is 0 Å². The summed E-state index contributed by atoms with van der Waals surface area (Å²) in [7, 11) is 0. The molecule has 1 aliphatic heterocycles.